The summed E-state index contributed by atoms with van der Waals surface area (Å²) in [5.41, 5.74) is 1.21. The van der Waals surface area contributed by atoms with Gasteiger partial charge in [0.25, 0.3) is 5.56 Å². The van der Waals surface area contributed by atoms with E-state index in [0.29, 0.717) is 21.2 Å². The fourth-order valence-corrected chi connectivity index (χ4v) is 2.26. The van der Waals surface area contributed by atoms with Gasteiger partial charge in [-0.05, 0) is 33.6 Å². The van der Waals surface area contributed by atoms with Gasteiger partial charge in [0.05, 0.1) is 18.3 Å². The molecule has 0 unspecified atom stereocenters. The Labute approximate surface area is 126 Å². The SMILES string of the molecule is O=c1cc2ncc(Br)nc2cn1Cc1ccc(F)c(F)c1. The molecule has 21 heavy (non-hydrogen) atoms. The highest BCUT2D eigenvalue weighted by Gasteiger charge is 2.06. The zero-order valence-electron chi connectivity index (χ0n) is 10.6. The summed E-state index contributed by atoms with van der Waals surface area (Å²) in [5.74, 6) is -1.86. The molecule has 0 saturated heterocycles. The standard InChI is InChI=1S/C14H8BrF2N3O/c15-13-5-18-11-4-14(21)20(7-12(11)19-13)6-8-1-2-9(16)10(17)3-8/h1-5,7H,6H2. The summed E-state index contributed by atoms with van der Waals surface area (Å²) in [7, 11) is 0. The molecule has 2 heterocycles. The summed E-state index contributed by atoms with van der Waals surface area (Å²) in [4.78, 5) is 20.3. The Morgan fingerprint density at radius 2 is 1.95 bits per heavy atom. The third-order valence-electron chi connectivity index (χ3n) is 2.96. The van der Waals surface area contributed by atoms with Crippen LogP contribution in [0.3, 0.4) is 0 Å². The molecule has 4 nitrogen and oxygen atoms in total. The van der Waals surface area contributed by atoms with Crippen molar-refractivity contribution in [2.45, 2.75) is 6.54 Å². The molecular formula is C14H8BrF2N3O. The zero-order valence-corrected chi connectivity index (χ0v) is 12.1. The summed E-state index contributed by atoms with van der Waals surface area (Å²) in [6.45, 7) is 0.125. The van der Waals surface area contributed by atoms with E-state index in [1.165, 1.54) is 29.1 Å². The van der Waals surface area contributed by atoms with Crippen LogP contribution < -0.4 is 5.56 Å². The monoisotopic (exact) mass is 351 g/mol. The quantitative estimate of drug-likeness (QED) is 0.713. The molecule has 2 aromatic heterocycles. The maximum absolute atomic E-state index is 13.2. The molecule has 0 fully saturated rings. The van der Waals surface area contributed by atoms with E-state index in [4.69, 9.17) is 0 Å². The fraction of sp³-hybridized carbons (Fsp3) is 0.0714. The average Bonchev–Trinajstić information content (AvgIpc) is 2.44. The van der Waals surface area contributed by atoms with E-state index in [1.807, 2.05) is 0 Å². The van der Waals surface area contributed by atoms with Gasteiger partial charge in [0.15, 0.2) is 11.6 Å². The molecule has 7 heteroatoms. The number of benzene rings is 1. The summed E-state index contributed by atoms with van der Waals surface area (Å²) < 4.78 is 28.0. The van der Waals surface area contributed by atoms with E-state index >= 15 is 0 Å². The van der Waals surface area contributed by atoms with Crippen LogP contribution in [0.2, 0.25) is 0 Å². The summed E-state index contributed by atoms with van der Waals surface area (Å²) >= 11 is 3.21. The molecule has 0 bridgehead atoms. The molecule has 3 aromatic rings. The van der Waals surface area contributed by atoms with Crippen molar-refractivity contribution in [1.82, 2.24) is 14.5 Å². The van der Waals surface area contributed by atoms with E-state index < -0.39 is 11.6 Å². The first kappa shape index (κ1) is 13.8. The van der Waals surface area contributed by atoms with Crippen molar-refractivity contribution < 1.29 is 8.78 Å². The minimum Gasteiger partial charge on any atom is -0.309 e. The van der Waals surface area contributed by atoms with Crippen molar-refractivity contribution in [3.8, 4) is 0 Å². The van der Waals surface area contributed by atoms with E-state index in [2.05, 4.69) is 25.9 Å². The molecular weight excluding hydrogens is 344 g/mol. The van der Waals surface area contributed by atoms with Crippen molar-refractivity contribution >= 4 is 27.0 Å². The third-order valence-corrected chi connectivity index (χ3v) is 3.34. The van der Waals surface area contributed by atoms with Crippen molar-refractivity contribution in [2.75, 3.05) is 0 Å². The predicted octanol–water partition coefficient (Wildman–Crippen LogP) is 2.88. The van der Waals surface area contributed by atoms with Crippen LogP contribution in [-0.4, -0.2) is 14.5 Å². The molecule has 0 spiro atoms. The van der Waals surface area contributed by atoms with E-state index in [1.54, 1.807) is 0 Å². The summed E-state index contributed by atoms with van der Waals surface area (Å²) in [6, 6.07) is 4.89. The lowest BCUT2D eigenvalue weighted by molar-refractivity contribution is 0.506. The Kier molecular flexibility index (Phi) is 3.50. The predicted molar refractivity (Wildman–Crippen MR) is 77.0 cm³/mol. The second-order valence-electron chi connectivity index (χ2n) is 4.45. The normalized spacial score (nSPS) is 11.0. The van der Waals surface area contributed by atoms with Crippen LogP contribution in [0.5, 0.6) is 0 Å². The lowest BCUT2D eigenvalue weighted by Gasteiger charge is -2.07. The highest BCUT2D eigenvalue weighted by molar-refractivity contribution is 9.10. The number of aromatic nitrogens is 3. The molecule has 0 saturated carbocycles. The largest absolute Gasteiger partial charge is 0.309 e. The smallest absolute Gasteiger partial charge is 0.253 e. The first-order chi connectivity index (χ1) is 10.0. The van der Waals surface area contributed by atoms with Crippen LogP contribution in [0.25, 0.3) is 11.0 Å². The van der Waals surface area contributed by atoms with Crippen LogP contribution in [0, 0.1) is 11.6 Å². The highest BCUT2D eigenvalue weighted by atomic mass is 79.9. The minimum absolute atomic E-state index is 0.125. The third kappa shape index (κ3) is 2.82. The number of nitrogens with zero attached hydrogens (tertiary/aromatic N) is 3. The molecule has 3 rings (SSSR count). The van der Waals surface area contributed by atoms with Crippen LogP contribution in [0.4, 0.5) is 8.78 Å². The van der Waals surface area contributed by atoms with Crippen molar-refractivity contribution in [1.29, 1.82) is 0 Å². The van der Waals surface area contributed by atoms with Gasteiger partial charge < -0.3 is 4.57 Å². The maximum Gasteiger partial charge on any atom is 0.253 e. The Morgan fingerprint density at radius 1 is 1.14 bits per heavy atom. The topological polar surface area (TPSA) is 47.8 Å². The Balaban J connectivity index is 2.05. The van der Waals surface area contributed by atoms with Gasteiger partial charge in [0, 0.05) is 12.3 Å². The van der Waals surface area contributed by atoms with Gasteiger partial charge >= 0.3 is 0 Å². The highest BCUT2D eigenvalue weighted by Crippen LogP contribution is 2.13. The molecule has 0 aliphatic rings. The second-order valence-corrected chi connectivity index (χ2v) is 5.26. The van der Waals surface area contributed by atoms with Crippen molar-refractivity contribution in [3.05, 3.63) is 68.8 Å². The summed E-state index contributed by atoms with van der Waals surface area (Å²) in [6.07, 6.45) is 3.04. The van der Waals surface area contributed by atoms with Crippen molar-refractivity contribution in [2.24, 2.45) is 0 Å². The fourth-order valence-electron chi connectivity index (χ4n) is 1.97. The van der Waals surface area contributed by atoms with Gasteiger partial charge in [0.1, 0.15) is 10.1 Å². The first-order valence-electron chi connectivity index (χ1n) is 5.99. The first-order valence-corrected chi connectivity index (χ1v) is 6.79. The number of halogens is 3. The van der Waals surface area contributed by atoms with Gasteiger partial charge in [-0.1, -0.05) is 6.07 Å². The van der Waals surface area contributed by atoms with Gasteiger partial charge in [-0.15, -0.1) is 0 Å². The molecule has 1 aromatic carbocycles. The lowest BCUT2D eigenvalue weighted by atomic mass is 10.2. The van der Waals surface area contributed by atoms with Crippen LogP contribution in [0.1, 0.15) is 5.56 Å². The maximum atomic E-state index is 13.2. The number of pyridine rings is 1. The molecule has 0 N–H and O–H groups in total. The molecule has 0 radical (unpaired) electrons. The molecule has 0 atom stereocenters. The minimum atomic E-state index is -0.941. The molecule has 0 aliphatic heterocycles. The molecule has 0 amide bonds. The lowest BCUT2D eigenvalue weighted by Crippen LogP contribution is -2.19. The number of fused-ring (bicyclic) bond motifs is 1. The van der Waals surface area contributed by atoms with E-state index in [-0.39, 0.29) is 12.1 Å². The number of rotatable bonds is 2. The van der Waals surface area contributed by atoms with Crippen LogP contribution in [0.15, 0.2) is 46.1 Å². The Hall–Kier alpha value is -2.15. The van der Waals surface area contributed by atoms with Gasteiger partial charge in [0.2, 0.25) is 0 Å². The van der Waals surface area contributed by atoms with E-state index in [0.717, 1.165) is 12.1 Å². The molecule has 0 aliphatic carbocycles. The van der Waals surface area contributed by atoms with Crippen LogP contribution in [-0.2, 0) is 6.54 Å². The number of hydrogen-bond acceptors (Lipinski definition) is 3. The average molecular weight is 352 g/mol. The zero-order chi connectivity index (χ0) is 15.0. The molecule has 106 valence electrons. The van der Waals surface area contributed by atoms with Gasteiger partial charge in [-0.25, -0.2) is 13.8 Å². The van der Waals surface area contributed by atoms with Crippen LogP contribution >= 0.6 is 15.9 Å². The Morgan fingerprint density at radius 3 is 2.71 bits per heavy atom. The summed E-state index contributed by atoms with van der Waals surface area (Å²) in [5, 5.41) is 0. The second kappa shape index (κ2) is 5.33. The van der Waals surface area contributed by atoms with Gasteiger partial charge in [-0.3, -0.25) is 9.78 Å². The Bertz CT molecular complexity index is 895. The van der Waals surface area contributed by atoms with E-state index in [9.17, 15) is 13.6 Å². The number of hydrogen-bond donors (Lipinski definition) is 0. The van der Waals surface area contributed by atoms with Gasteiger partial charge in [-0.2, -0.15) is 0 Å². The van der Waals surface area contributed by atoms with Crippen molar-refractivity contribution in [3.63, 3.8) is 0 Å².